The minimum absolute atomic E-state index is 0.0806. The number of carbonyl (C=O) groups is 1. The van der Waals surface area contributed by atoms with Crippen LogP contribution in [-0.4, -0.2) is 46.0 Å². The summed E-state index contributed by atoms with van der Waals surface area (Å²) in [6, 6.07) is 10.2. The van der Waals surface area contributed by atoms with Crippen LogP contribution in [0.2, 0.25) is 0 Å². The lowest BCUT2D eigenvalue weighted by Gasteiger charge is -2.46. The summed E-state index contributed by atoms with van der Waals surface area (Å²) in [7, 11) is -2.17. The molecule has 8 heteroatoms. The molecular weight excluding hydrogens is 428 g/mol. The lowest BCUT2D eigenvalue weighted by Crippen LogP contribution is -2.48. The number of nitrogens with zero attached hydrogens (tertiary/aromatic N) is 1. The van der Waals surface area contributed by atoms with Crippen molar-refractivity contribution in [2.24, 2.45) is 0 Å². The molecule has 2 aromatic carbocycles. The Kier molecular flexibility index (Phi) is 5.17. The second kappa shape index (κ2) is 7.78. The highest BCUT2D eigenvalue weighted by Gasteiger charge is 2.46. The molecule has 0 aromatic heterocycles. The van der Waals surface area contributed by atoms with E-state index in [4.69, 9.17) is 9.47 Å². The van der Waals surface area contributed by atoms with Crippen LogP contribution in [0.25, 0.3) is 0 Å². The van der Waals surface area contributed by atoms with Gasteiger partial charge in [-0.15, -0.1) is 0 Å². The largest absolute Gasteiger partial charge is 0.486 e. The van der Waals surface area contributed by atoms with Crippen molar-refractivity contribution in [1.29, 1.82) is 0 Å². The number of fused-ring (bicyclic) bond motifs is 3. The second-order valence-electron chi connectivity index (χ2n) is 8.91. The zero-order valence-electron chi connectivity index (χ0n) is 18.4. The van der Waals surface area contributed by atoms with Gasteiger partial charge in [-0.2, -0.15) is 0 Å². The Morgan fingerprint density at radius 2 is 1.69 bits per heavy atom. The first-order valence-electron chi connectivity index (χ1n) is 11.1. The molecule has 1 spiro atoms. The Morgan fingerprint density at radius 3 is 2.31 bits per heavy atom. The van der Waals surface area contributed by atoms with Crippen LogP contribution >= 0.6 is 0 Å². The van der Waals surface area contributed by atoms with E-state index in [1.54, 1.807) is 12.1 Å². The Hall–Kier alpha value is -2.58. The molecule has 1 fully saturated rings. The highest BCUT2D eigenvalue weighted by atomic mass is 32.2. The van der Waals surface area contributed by atoms with Gasteiger partial charge in [0.05, 0.1) is 10.9 Å². The molecule has 1 N–H and O–H groups in total. The summed E-state index contributed by atoms with van der Waals surface area (Å²) in [5.41, 5.74) is 2.81. The first kappa shape index (κ1) is 21.3. The molecule has 1 aliphatic carbocycles. The van der Waals surface area contributed by atoms with Gasteiger partial charge in [0.1, 0.15) is 13.2 Å². The van der Waals surface area contributed by atoms with E-state index in [0.717, 1.165) is 42.7 Å². The monoisotopic (exact) mass is 456 g/mol. The van der Waals surface area contributed by atoms with Crippen molar-refractivity contribution in [2.75, 3.05) is 26.8 Å². The van der Waals surface area contributed by atoms with E-state index >= 15 is 0 Å². The van der Waals surface area contributed by atoms with Crippen molar-refractivity contribution < 1.29 is 22.7 Å². The summed E-state index contributed by atoms with van der Waals surface area (Å²) >= 11 is 0. The number of hydrogen-bond donors (Lipinski definition) is 1. The lowest BCUT2D eigenvalue weighted by atomic mass is 9.71. The van der Waals surface area contributed by atoms with Crippen LogP contribution in [0.3, 0.4) is 0 Å². The first-order chi connectivity index (χ1) is 15.3. The Labute approximate surface area is 188 Å². The number of rotatable bonds is 3. The molecule has 170 valence electrons. The van der Waals surface area contributed by atoms with Gasteiger partial charge < -0.3 is 14.4 Å². The SMILES string of the molecule is CNS(=O)(=O)c1ccc(C(=O)N2CC3(CCCC3)c3cc4c(cc3C2C)OCCO4)cc1. The molecule has 1 unspecified atom stereocenters. The van der Waals surface area contributed by atoms with Crippen LogP contribution in [0, 0.1) is 0 Å². The Bertz CT molecular complexity index is 1150. The van der Waals surface area contributed by atoms with Gasteiger partial charge in [0.25, 0.3) is 5.91 Å². The summed E-state index contributed by atoms with van der Waals surface area (Å²) in [5, 5.41) is 0. The number of carbonyl (C=O) groups excluding carboxylic acids is 1. The van der Waals surface area contributed by atoms with Gasteiger partial charge in [-0.3, -0.25) is 4.79 Å². The smallest absolute Gasteiger partial charge is 0.254 e. The highest BCUT2D eigenvalue weighted by Crippen LogP contribution is 2.52. The molecule has 1 atom stereocenters. The number of amides is 1. The zero-order valence-corrected chi connectivity index (χ0v) is 19.2. The average Bonchev–Trinajstić information content (AvgIpc) is 3.29. The maximum Gasteiger partial charge on any atom is 0.254 e. The van der Waals surface area contributed by atoms with E-state index < -0.39 is 10.0 Å². The van der Waals surface area contributed by atoms with E-state index in [1.165, 1.54) is 24.7 Å². The van der Waals surface area contributed by atoms with Crippen LogP contribution in [0.5, 0.6) is 11.5 Å². The molecule has 0 saturated heterocycles. The van der Waals surface area contributed by atoms with E-state index in [-0.39, 0.29) is 22.3 Å². The van der Waals surface area contributed by atoms with Gasteiger partial charge >= 0.3 is 0 Å². The molecule has 2 heterocycles. The molecule has 7 nitrogen and oxygen atoms in total. The minimum Gasteiger partial charge on any atom is -0.486 e. The van der Waals surface area contributed by atoms with Crippen LogP contribution in [0.4, 0.5) is 0 Å². The Morgan fingerprint density at radius 1 is 1.06 bits per heavy atom. The summed E-state index contributed by atoms with van der Waals surface area (Å²) in [4.78, 5) is 15.7. The van der Waals surface area contributed by atoms with Crippen molar-refractivity contribution in [3.63, 3.8) is 0 Å². The minimum atomic E-state index is -3.54. The van der Waals surface area contributed by atoms with Gasteiger partial charge in [0.2, 0.25) is 10.0 Å². The van der Waals surface area contributed by atoms with Crippen LogP contribution in [0.1, 0.15) is 60.1 Å². The molecule has 0 bridgehead atoms. The molecule has 32 heavy (non-hydrogen) atoms. The quantitative estimate of drug-likeness (QED) is 0.765. The molecule has 5 rings (SSSR count). The predicted molar refractivity (Wildman–Crippen MR) is 120 cm³/mol. The third-order valence-electron chi connectivity index (χ3n) is 7.18. The molecule has 1 amide bonds. The van der Waals surface area contributed by atoms with E-state index in [2.05, 4.69) is 23.8 Å². The van der Waals surface area contributed by atoms with Crippen molar-refractivity contribution in [1.82, 2.24) is 9.62 Å². The normalized spacial score (nSPS) is 21.4. The van der Waals surface area contributed by atoms with Crippen molar-refractivity contribution in [3.05, 3.63) is 53.1 Å². The molecular formula is C24H28N2O5S. The summed E-state index contributed by atoms with van der Waals surface area (Å²) in [5.74, 6) is 1.46. The molecule has 1 saturated carbocycles. The molecule has 2 aromatic rings. The molecule has 0 radical (unpaired) electrons. The highest BCUT2D eigenvalue weighted by molar-refractivity contribution is 7.89. The number of hydrogen-bond acceptors (Lipinski definition) is 5. The van der Waals surface area contributed by atoms with Crippen molar-refractivity contribution in [3.8, 4) is 11.5 Å². The number of benzene rings is 2. The maximum absolute atomic E-state index is 13.6. The Balaban J connectivity index is 1.53. The van der Waals surface area contributed by atoms with Crippen LogP contribution in [-0.2, 0) is 15.4 Å². The molecule has 3 aliphatic rings. The van der Waals surface area contributed by atoms with E-state index in [1.807, 2.05) is 4.90 Å². The maximum atomic E-state index is 13.6. The predicted octanol–water partition coefficient (Wildman–Crippen LogP) is 3.39. The second-order valence-corrected chi connectivity index (χ2v) is 10.8. The average molecular weight is 457 g/mol. The molecule has 2 aliphatic heterocycles. The fraction of sp³-hybridized carbons (Fsp3) is 0.458. The fourth-order valence-electron chi connectivity index (χ4n) is 5.41. The number of sulfonamides is 1. The van der Waals surface area contributed by atoms with Gasteiger partial charge in [-0.1, -0.05) is 12.8 Å². The van der Waals surface area contributed by atoms with Gasteiger partial charge in [0, 0.05) is 17.5 Å². The van der Waals surface area contributed by atoms with Gasteiger partial charge in [0.15, 0.2) is 11.5 Å². The van der Waals surface area contributed by atoms with Crippen molar-refractivity contribution in [2.45, 2.75) is 49.0 Å². The van der Waals surface area contributed by atoms with E-state index in [9.17, 15) is 13.2 Å². The first-order valence-corrected chi connectivity index (χ1v) is 12.6. The zero-order chi connectivity index (χ0) is 22.5. The van der Waals surface area contributed by atoms with Crippen molar-refractivity contribution >= 4 is 15.9 Å². The standard InChI is InChI=1S/C24H28N2O5S/c1-16-19-13-21-22(31-12-11-30-21)14-20(19)24(9-3-4-10-24)15-26(16)23(27)17-5-7-18(8-6-17)32(28,29)25-2/h5-8,13-14,16,25H,3-4,9-12,15H2,1-2H3. The number of nitrogens with one attached hydrogen (secondary N) is 1. The topological polar surface area (TPSA) is 84.9 Å². The van der Waals surface area contributed by atoms with Crippen LogP contribution in [0.15, 0.2) is 41.3 Å². The summed E-state index contributed by atoms with van der Waals surface area (Å²) in [6.07, 6.45) is 4.35. The van der Waals surface area contributed by atoms with Gasteiger partial charge in [-0.05, 0) is 74.3 Å². The van der Waals surface area contributed by atoms with E-state index in [0.29, 0.717) is 25.3 Å². The summed E-state index contributed by atoms with van der Waals surface area (Å²) < 4.78 is 38.1. The van der Waals surface area contributed by atoms with Crippen LogP contribution < -0.4 is 14.2 Å². The third kappa shape index (κ3) is 3.36. The fourth-order valence-corrected chi connectivity index (χ4v) is 6.14. The van der Waals surface area contributed by atoms with Gasteiger partial charge in [-0.25, -0.2) is 13.1 Å². The summed E-state index contributed by atoms with van der Waals surface area (Å²) in [6.45, 7) is 3.78. The third-order valence-corrected chi connectivity index (χ3v) is 8.61. The number of ether oxygens (including phenoxy) is 2. The lowest BCUT2D eigenvalue weighted by molar-refractivity contribution is 0.0593.